The van der Waals surface area contributed by atoms with Crippen molar-refractivity contribution in [2.75, 3.05) is 38.0 Å². The van der Waals surface area contributed by atoms with E-state index in [1.54, 1.807) is 50.1 Å². The Balaban J connectivity index is 0.000000320. The van der Waals surface area contributed by atoms with Crippen molar-refractivity contribution in [3.8, 4) is 22.5 Å². The SMILES string of the molecule is CN(C)c1ccnc(-c2[c-]c(C(F)(F)F)cc(C(F)(F)F)c2)c1.CN(C)c1ccnc(-c2[c-]c(C(F)(F)F)cc(C(F)(F)F)c2)c1.[Pt+2]. The Bertz CT molecular complexity index is 1470. The molecule has 0 aliphatic rings. The van der Waals surface area contributed by atoms with Crippen molar-refractivity contribution in [3.63, 3.8) is 0 Å². The first-order valence-electron chi connectivity index (χ1n) is 12.7. The molecule has 0 aliphatic carbocycles. The quantitative estimate of drug-likeness (QED) is 0.151. The number of benzene rings is 2. The number of hydrogen-bond donors (Lipinski definition) is 0. The van der Waals surface area contributed by atoms with E-state index in [1.165, 1.54) is 24.5 Å². The summed E-state index contributed by atoms with van der Waals surface area (Å²) in [6.45, 7) is 0. The maximum Gasteiger partial charge on any atom is 2.00 e. The fraction of sp³-hybridized carbons (Fsp3) is 0.267. The zero-order valence-electron chi connectivity index (χ0n) is 24.4. The molecule has 0 aliphatic heterocycles. The average molecular weight is 862 g/mol. The molecule has 0 unspecified atom stereocenters. The van der Waals surface area contributed by atoms with Gasteiger partial charge in [0.2, 0.25) is 0 Å². The van der Waals surface area contributed by atoms with Gasteiger partial charge in [-0.15, -0.1) is 47.5 Å². The fourth-order valence-electron chi connectivity index (χ4n) is 3.74. The standard InChI is InChI=1S/2C15H11F6N2.Pt/c2*1-23(2)12-3-4-22-13(8-12)9-5-10(14(16,17)18)7-11(6-9)15(19,20)21;/h2*3-5,7-8H,1-2H3;/q2*-1;+2. The number of halogens is 12. The minimum Gasteiger partial charge on any atom is -0.378 e. The van der Waals surface area contributed by atoms with E-state index in [4.69, 9.17) is 0 Å². The summed E-state index contributed by atoms with van der Waals surface area (Å²) < 4.78 is 154. The summed E-state index contributed by atoms with van der Waals surface area (Å²) in [5.41, 5.74) is -5.35. The molecule has 17 heteroatoms. The van der Waals surface area contributed by atoms with Gasteiger partial charge >= 0.3 is 45.8 Å². The molecule has 0 fully saturated rings. The van der Waals surface area contributed by atoms with Crippen LogP contribution in [0.25, 0.3) is 22.5 Å². The van der Waals surface area contributed by atoms with Crippen LogP contribution in [0.2, 0.25) is 0 Å². The molecule has 0 spiro atoms. The minimum atomic E-state index is -4.94. The molecule has 0 atom stereocenters. The molecular formula is C30H22F12N4Pt. The van der Waals surface area contributed by atoms with Gasteiger partial charge in [0, 0.05) is 52.0 Å². The van der Waals surface area contributed by atoms with Crippen molar-refractivity contribution in [2.24, 2.45) is 0 Å². The van der Waals surface area contributed by atoms with Gasteiger partial charge < -0.3 is 19.8 Å². The molecule has 4 aromatic rings. The summed E-state index contributed by atoms with van der Waals surface area (Å²) in [7, 11) is 6.76. The van der Waals surface area contributed by atoms with E-state index in [-0.39, 0.29) is 55.7 Å². The fourth-order valence-corrected chi connectivity index (χ4v) is 3.74. The molecule has 0 bridgehead atoms. The summed E-state index contributed by atoms with van der Waals surface area (Å²) in [5, 5.41) is 0. The number of aromatic nitrogens is 2. The van der Waals surface area contributed by atoms with E-state index in [0.29, 0.717) is 23.5 Å². The van der Waals surface area contributed by atoms with E-state index < -0.39 is 47.0 Å². The van der Waals surface area contributed by atoms with Crippen LogP contribution in [0.3, 0.4) is 0 Å². The molecule has 0 saturated heterocycles. The Morgan fingerprint density at radius 1 is 0.489 bits per heavy atom. The number of rotatable bonds is 4. The summed E-state index contributed by atoms with van der Waals surface area (Å²) in [4.78, 5) is 11.0. The summed E-state index contributed by atoms with van der Waals surface area (Å²) >= 11 is 0. The van der Waals surface area contributed by atoms with E-state index in [1.807, 2.05) is 12.1 Å². The van der Waals surface area contributed by atoms with Gasteiger partial charge in [-0.2, -0.15) is 52.7 Å². The largest absolute Gasteiger partial charge is 2.00 e. The van der Waals surface area contributed by atoms with Crippen LogP contribution in [0.4, 0.5) is 64.1 Å². The van der Waals surface area contributed by atoms with Crippen molar-refractivity contribution >= 4 is 11.4 Å². The van der Waals surface area contributed by atoms with E-state index in [2.05, 4.69) is 9.97 Å². The summed E-state index contributed by atoms with van der Waals surface area (Å²) in [5.74, 6) is 0. The van der Waals surface area contributed by atoms with Gasteiger partial charge in [0.1, 0.15) is 0 Å². The van der Waals surface area contributed by atoms with Gasteiger partial charge in [0.05, 0.1) is 0 Å². The van der Waals surface area contributed by atoms with E-state index in [0.717, 1.165) is 0 Å². The van der Waals surface area contributed by atoms with Crippen molar-refractivity contribution < 1.29 is 73.8 Å². The van der Waals surface area contributed by atoms with Gasteiger partial charge in [-0.25, -0.2) is 0 Å². The van der Waals surface area contributed by atoms with Crippen LogP contribution in [0.5, 0.6) is 0 Å². The second-order valence-corrected chi connectivity index (χ2v) is 9.97. The van der Waals surface area contributed by atoms with E-state index >= 15 is 0 Å². The summed E-state index contributed by atoms with van der Waals surface area (Å²) in [6.07, 6.45) is -17.0. The van der Waals surface area contributed by atoms with Crippen LogP contribution in [0.15, 0.2) is 60.9 Å². The third-order valence-corrected chi connectivity index (χ3v) is 6.08. The maximum atomic E-state index is 12.8. The topological polar surface area (TPSA) is 32.3 Å². The van der Waals surface area contributed by atoms with Crippen LogP contribution in [-0.2, 0) is 45.8 Å². The predicted octanol–water partition coefficient (Wildman–Crippen LogP) is 9.30. The van der Waals surface area contributed by atoms with Gasteiger partial charge in [-0.3, -0.25) is 0 Å². The molecule has 256 valence electrons. The Morgan fingerprint density at radius 3 is 1.06 bits per heavy atom. The molecule has 4 nitrogen and oxygen atoms in total. The first-order valence-corrected chi connectivity index (χ1v) is 12.7. The van der Waals surface area contributed by atoms with Gasteiger partial charge in [0.25, 0.3) is 0 Å². The Morgan fingerprint density at radius 2 is 0.809 bits per heavy atom. The molecule has 0 saturated carbocycles. The molecule has 4 rings (SSSR count). The monoisotopic (exact) mass is 861 g/mol. The molecule has 47 heavy (non-hydrogen) atoms. The zero-order chi connectivity index (χ0) is 34.8. The van der Waals surface area contributed by atoms with Crippen molar-refractivity contribution in [2.45, 2.75) is 24.7 Å². The van der Waals surface area contributed by atoms with Crippen molar-refractivity contribution in [1.82, 2.24) is 9.97 Å². The van der Waals surface area contributed by atoms with Crippen molar-refractivity contribution in [3.05, 3.63) is 95.3 Å². The maximum absolute atomic E-state index is 12.8. The molecule has 0 radical (unpaired) electrons. The second kappa shape index (κ2) is 14.5. The average Bonchev–Trinajstić information content (AvgIpc) is 2.95. The second-order valence-electron chi connectivity index (χ2n) is 9.97. The number of hydrogen-bond acceptors (Lipinski definition) is 4. The molecular weight excluding hydrogens is 839 g/mol. The Kier molecular flexibility index (Phi) is 12.2. The van der Waals surface area contributed by atoms with Crippen LogP contribution >= 0.6 is 0 Å². The number of alkyl halides is 12. The molecule has 0 amide bonds. The van der Waals surface area contributed by atoms with E-state index in [9.17, 15) is 52.7 Å². The third-order valence-electron chi connectivity index (χ3n) is 6.08. The van der Waals surface area contributed by atoms with Gasteiger partial charge in [-0.05, 0) is 45.8 Å². The molecule has 2 aromatic carbocycles. The van der Waals surface area contributed by atoms with Crippen LogP contribution in [-0.4, -0.2) is 38.2 Å². The van der Waals surface area contributed by atoms with Crippen LogP contribution in [0, 0.1) is 12.1 Å². The van der Waals surface area contributed by atoms with Gasteiger partial charge in [-0.1, -0.05) is 12.1 Å². The zero-order valence-corrected chi connectivity index (χ0v) is 26.7. The Labute approximate surface area is 275 Å². The number of nitrogens with zero attached hydrogens (tertiary/aromatic N) is 4. The smallest absolute Gasteiger partial charge is 0.378 e. The molecule has 0 N–H and O–H groups in total. The predicted molar refractivity (Wildman–Crippen MR) is 146 cm³/mol. The number of pyridine rings is 2. The summed E-state index contributed by atoms with van der Waals surface area (Å²) in [6, 6.07) is 11.2. The third kappa shape index (κ3) is 10.6. The van der Waals surface area contributed by atoms with Crippen LogP contribution in [0.1, 0.15) is 22.3 Å². The Hall–Kier alpha value is -3.81. The first-order chi connectivity index (χ1) is 21.0. The van der Waals surface area contributed by atoms with Crippen molar-refractivity contribution in [1.29, 1.82) is 0 Å². The van der Waals surface area contributed by atoms with Gasteiger partial charge in [0.15, 0.2) is 0 Å². The molecule has 2 heterocycles. The normalized spacial score (nSPS) is 12.1. The minimum absolute atomic E-state index is 0. The first kappa shape index (κ1) is 39.4. The molecule has 2 aromatic heterocycles. The van der Waals surface area contributed by atoms with Crippen LogP contribution < -0.4 is 9.80 Å². The number of anilines is 2.